The number of nitrogens with one attached hydrogen (secondary N) is 3. The minimum atomic E-state index is -0.922. The highest BCUT2D eigenvalue weighted by atomic mass is 16.6. The lowest BCUT2D eigenvalue weighted by Crippen LogP contribution is -2.42. The van der Waals surface area contributed by atoms with E-state index in [9.17, 15) is 24.0 Å². The van der Waals surface area contributed by atoms with Gasteiger partial charge in [-0.05, 0) is 80.7 Å². The van der Waals surface area contributed by atoms with Gasteiger partial charge in [-0.1, -0.05) is 143 Å². The smallest absolute Gasteiger partial charge is 0.407 e. The molecule has 0 aromatic heterocycles. The molecule has 392 valence electrons. The van der Waals surface area contributed by atoms with E-state index in [1.165, 1.54) is 54.4 Å². The average molecular weight is 986 g/mol. The monoisotopic (exact) mass is 986 g/mol. The van der Waals surface area contributed by atoms with Crippen LogP contribution in [0.5, 0.6) is 0 Å². The highest BCUT2D eigenvalue weighted by Crippen LogP contribution is 2.44. The Hall–Kier alpha value is -5.31. The van der Waals surface area contributed by atoms with Crippen molar-refractivity contribution in [3.63, 3.8) is 0 Å². The normalized spacial score (nSPS) is 12.4. The number of benzene rings is 3. The van der Waals surface area contributed by atoms with E-state index >= 15 is 0 Å². The van der Waals surface area contributed by atoms with E-state index in [1.54, 1.807) is 0 Å². The molecule has 3 aromatic carbocycles. The minimum Gasteiger partial charge on any atom is -0.460 e. The number of unbranched alkanes of at least 4 members (excludes halogenated alkanes) is 11. The first-order valence-corrected chi connectivity index (χ1v) is 26.3. The molecule has 3 N–H and O–H groups in total. The third kappa shape index (κ3) is 25.6. The highest BCUT2D eigenvalue weighted by Gasteiger charge is 2.29. The van der Waals surface area contributed by atoms with Crippen molar-refractivity contribution in [1.82, 2.24) is 16.0 Å². The third-order valence-corrected chi connectivity index (χ3v) is 12.1. The van der Waals surface area contributed by atoms with Crippen LogP contribution in [0.2, 0.25) is 0 Å². The zero-order valence-electron chi connectivity index (χ0n) is 42.9. The van der Waals surface area contributed by atoms with Crippen LogP contribution < -0.4 is 16.0 Å². The van der Waals surface area contributed by atoms with E-state index in [0.717, 1.165) is 50.5 Å². The number of carbonyl (C=O) groups is 5. The van der Waals surface area contributed by atoms with Crippen LogP contribution in [-0.2, 0) is 54.2 Å². The van der Waals surface area contributed by atoms with Crippen molar-refractivity contribution in [3.05, 3.63) is 95.6 Å². The van der Waals surface area contributed by atoms with E-state index in [4.69, 9.17) is 28.4 Å². The Morgan fingerprint density at radius 1 is 0.521 bits per heavy atom. The number of ether oxygens (including phenoxy) is 6. The first-order valence-electron chi connectivity index (χ1n) is 26.3. The van der Waals surface area contributed by atoms with Crippen LogP contribution in [0, 0.1) is 0 Å². The van der Waals surface area contributed by atoms with E-state index in [2.05, 4.69) is 40.2 Å². The second-order valence-electron chi connectivity index (χ2n) is 19.2. The number of esters is 2. The van der Waals surface area contributed by atoms with Crippen molar-refractivity contribution in [3.8, 4) is 11.1 Å². The first kappa shape index (κ1) is 58.3. The summed E-state index contributed by atoms with van der Waals surface area (Å²) in [5.41, 5.74) is 5.16. The van der Waals surface area contributed by atoms with Crippen LogP contribution >= 0.6 is 0 Å². The van der Waals surface area contributed by atoms with E-state index in [-0.39, 0.29) is 49.8 Å². The molecule has 3 amide bonds. The molecule has 1 atom stereocenters. The van der Waals surface area contributed by atoms with Crippen molar-refractivity contribution in [2.45, 2.75) is 161 Å². The molecule has 0 spiro atoms. The van der Waals surface area contributed by atoms with Gasteiger partial charge in [-0.2, -0.15) is 0 Å². The van der Waals surface area contributed by atoms with Gasteiger partial charge in [0.1, 0.15) is 24.9 Å². The van der Waals surface area contributed by atoms with Gasteiger partial charge in [0.2, 0.25) is 11.8 Å². The largest absolute Gasteiger partial charge is 0.460 e. The molecule has 1 aliphatic carbocycles. The lowest BCUT2D eigenvalue weighted by Gasteiger charge is -2.19. The van der Waals surface area contributed by atoms with Crippen molar-refractivity contribution < 1.29 is 52.4 Å². The van der Waals surface area contributed by atoms with E-state index in [1.807, 2.05) is 75.4 Å². The summed E-state index contributed by atoms with van der Waals surface area (Å²) in [6.45, 7) is 9.51. The molecule has 0 aliphatic heterocycles. The van der Waals surface area contributed by atoms with Crippen molar-refractivity contribution in [2.75, 3.05) is 59.3 Å². The van der Waals surface area contributed by atoms with Crippen LogP contribution in [0.3, 0.4) is 0 Å². The maximum Gasteiger partial charge on any atom is 0.407 e. The second kappa shape index (κ2) is 34.9. The van der Waals surface area contributed by atoms with Crippen molar-refractivity contribution in [2.24, 2.45) is 0 Å². The van der Waals surface area contributed by atoms with Gasteiger partial charge in [-0.25, -0.2) is 9.59 Å². The fourth-order valence-electron chi connectivity index (χ4n) is 8.38. The molecule has 0 bridgehead atoms. The molecule has 4 rings (SSSR count). The van der Waals surface area contributed by atoms with E-state index < -0.39 is 23.7 Å². The maximum atomic E-state index is 13.1. The summed E-state index contributed by atoms with van der Waals surface area (Å²) in [5.74, 6) is -1.07. The van der Waals surface area contributed by atoms with Crippen LogP contribution in [0.4, 0.5) is 4.79 Å². The molecule has 14 nitrogen and oxygen atoms in total. The van der Waals surface area contributed by atoms with Crippen LogP contribution in [0.15, 0.2) is 78.9 Å². The van der Waals surface area contributed by atoms with Gasteiger partial charge in [0.05, 0.1) is 26.4 Å². The number of fused-ring (bicyclic) bond motifs is 3. The molecule has 0 radical (unpaired) electrons. The number of hydrogen-bond donors (Lipinski definition) is 3. The Morgan fingerprint density at radius 2 is 1.01 bits per heavy atom. The average Bonchev–Trinajstić information content (AvgIpc) is 3.68. The van der Waals surface area contributed by atoms with Gasteiger partial charge in [0, 0.05) is 51.5 Å². The Labute approximate surface area is 423 Å². The molecule has 1 aliphatic rings. The standard InChI is InChI=1S/C57H83N3O11/c1-57(2,3)71-54(63)32-18-13-11-9-7-5-4-6-8-10-12-17-31-53(62)60-51(55(64)69-43-45-25-15-14-16-26-45)33-34-52(61)58-35-23-37-66-39-41-68-42-40-67-38-24-36-59-56(65)70-44-50-48-29-21-19-27-46(48)47-28-20-22-30-49(47)50/h14-16,19-22,25-30,50-51H,4-13,17-18,23-24,31-44H2,1-3H3,(H,58,61)(H,59,65)(H,60,62). The maximum absolute atomic E-state index is 13.1. The lowest BCUT2D eigenvalue weighted by molar-refractivity contribution is -0.155. The summed E-state index contributed by atoms with van der Waals surface area (Å²) in [6, 6.07) is 24.9. The summed E-state index contributed by atoms with van der Waals surface area (Å²) in [7, 11) is 0. The van der Waals surface area contributed by atoms with Crippen LogP contribution in [-0.4, -0.2) is 101 Å². The number of hydrogen-bond acceptors (Lipinski definition) is 11. The Bertz CT molecular complexity index is 1940. The zero-order valence-corrected chi connectivity index (χ0v) is 42.9. The second-order valence-corrected chi connectivity index (χ2v) is 19.2. The summed E-state index contributed by atoms with van der Waals surface area (Å²) in [4.78, 5) is 62.9. The lowest BCUT2D eigenvalue weighted by atomic mass is 9.98. The third-order valence-electron chi connectivity index (χ3n) is 12.1. The first-order chi connectivity index (χ1) is 34.5. The predicted octanol–water partition coefficient (Wildman–Crippen LogP) is 10.3. The van der Waals surface area contributed by atoms with Gasteiger partial charge in [0.15, 0.2) is 0 Å². The van der Waals surface area contributed by atoms with Gasteiger partial charge in [-0.3, -0.25) is 14.4 Å². The number of carbonyl (C=O) groups excluding carboxylic acids is 5. The topological polar surface area (TPSA) is 177 Å². The molecule has 14 heteroatoms. The van der Waals surface area contributed by atoms with Crippen molar-refractivity contribution >= 4 is 29.8 Å². The molecule has 1 unspecified atom stereocenters. The number of rotatable bonds is 38. The fourth-order valence-corrected chi connectivity index (χ4v) is 8.38. The number of alkyl carbamates (subject to hydrolysis) is 1. The highest BCUT2D eigenvalue weighted by molar-refractivity contribution is 5.85. The number of amides is 3. The SMILES string of the molecule is CC(C)(C)OC(=O)CCCCCCCCCCCCCCC(=O)NC(CCC(=O)NCCCOCCOCCOCCCNC(=O)OCC1c2ccccc2-c2ccccc21)C(=O)OCc1ccccc1. The molecule has 0 saturated carbocycles. The predicted molar refractivity (Wildman–Crippen MR) is 276 cm³/mol. The van der Waals surface area contributed by atoms with Gasteiger partial charge in [0.25, 0.3) is 0 Å². The van der Waals surface area contributed by atoms with Crippen molar-refractivity contribution in [1.29, 1.82) is 0 Å². The van der Waals surface area contributed by atoms with Gasteiger partial charge < -0.3 is 44.4 Å². The molecule has 0 fully saturated rings. The molecule has 0 saturated heterocycles. The van der Waals surface area contributed by atoms with Gasteiger partial charge in [-0.15, -0.1) is 0 Å². The molecular weight excluding hydrogens is 903 g/mol. The van der Waals surface area contributed by atoms with E-state index in [0.29, 0.717) is 78.4 Å². The fraction of sp³-hybridized carbons (Fsp3) is 0.596. The molecular formula is C57H83N3O11. The summed E-state index contributed by atoms with van der Waals surface area (Å²) in [5, 5.41) is 8.51. The quantitative estimate of drug-likeness (QED) is 0.0283. The summed E-state index contributed by atoms with van der Waals surface area (Å²) in [6.07, 6.45) is 14.8. The Balaban J connectivity index is 0.948. The zero-order chi connectivity index (χ0) is 50.8. The minimum absolute atomic E-state index is 0.0245. The summed E-state index contributed by atoms with van der Waals surface area (Å²) >= 11 is 0. The van der Waals surface area contributed by atoms with Crippen LogP contribution in [0.1, 0.15) is 159 Å². The Kier molecular flexibility index (Phi) is 28.7. The van der Waals surface area contributed by atoms with Crippen LogP contribution in [0.25, 0.3) is 11.1 Å². The molecule has 71 heavy (non-hydrogen) atoms. The molecule has 0 heterocycles. The Morgan fingerprint density at radius 3 is 1.58 bits per heavy atom. The van der Waals surface area contributed by atoms with Gasteiger partial charge >= 0.3 is 18.0 Å². The summed E-state index contributed by atoms with van der Waals surface area (Å²) < 4.78 is 33.3. The molecule has 3 aromatic rings.